The molecule has 0 saturated carbocycles. The Balaban J connectivity index is 1.55. The maximum atomic E-state index is 2.46. The summed E-state index contributed by atoms with van der Waals surface area (Å²) in [6.45, 7) is 4.50. The molecule has 0 saturated heterocycles. The van der Waals surface area contributed by atoms with Crippen LogP contribution in [0.2, 0.25) is 0 Å². The summed E-state index contributed by atoms with van der Waals surface area (Å²) in [5, 5.41) is 13.5. The molecule has 0 N–H and O–H groups in total. The zero-order valence-electron chi connectivity index (χ0n) is 28.6. The van der Waals surface area contributed by atoms with Crippen molar-refractivity contribution >= 4 is 69.2 Å². The molecule has 0 unspecified atom stereocenters. The molecule has 242 valence electrons. The van der Waals surface area contributed by atoms with E-state index in [0.717, 1.165) is 12.8 Å². The lowest BCUT2D eigenvalue weighted by Gasteiger charge is -2.28. The summed E-state index contributed by atoms with van der Waals surface area (Å²) >= 11 is 0. The zero-order chi connectivity index (χ0) is 33.9. The minimum Gasteiger partial charge on any atom is -0.0622 e. The second-order valence-corrected chi connectivity index (χ2v) is 17.1. The average Bonchev–Trinajstić information content (AvgIpc) is 3.19. The summed E-state index contributed by atoms with van der Waals surface area (Å²) < 4.78 is 0. The number of benzene rings is 8. The van der Waals surface area contributed by atoms with Gasteiger partial charge in [0.15, 0.2) is 0 Å². The van der Waals surface area contributed by atoms with Crippen molar-refractivity contribution in [2.24, 2.45) is 0 Å². The van der Waals surface area contributed by atoms with E-state index in [9.17, 15) is 0 Å². The first-order chi connectivity index (χ1) is 24.7. The topological polar surface area (TPSA) is 0 Å². The highest BCUT2D eigenvalue weighted by Crippen LogP contribution is 2.46. The van der Waals surface area contributed by atoms with Crippen molar-refractivity contribution in [3.8, 4) is 11.1 Å². The average molecular weight is 679 g/mol. The van der Waals surface area contributed by atoms with E-state index >= 15 is 0 Å². The van der Waals surface area contributed by atoms with Crippen molar-refractivity contribution in [3.63, 3.8) is 0 Å². The Morgan fingerprint density at radius 2 is 0.660 bits per heavy atom. The molecule has 0 heterocycles. The molecule has 0 aliphatic rings. The summed E-state index contributed by atoms with van der Waals surface area (Å²) in [5.41, 5.74) is 5.47. The normalized spacial score (nSPS) is 11.5. The van der Waals surface area contributed by atoms with Crippen LogP contribution in [0.3, 0.4) is 0 Å². The van der Waals surface area contributed by atoms with Gasteiger partial charge in [0, 0.05) is 0 Å². The summed E-state index contributed by atoms with van der Waals surface area (Å²) in [6.07, 6.45) is 2.03. The molecule has 8 rings (SSSR count). The minimum absolute atomic E-state index is 0.873. The monoisotopic (exact) mass is 678 g/mol. The van der Waals surface area contributed by atoms with Crippen LogP contribution in [0.5, 0.6) is 0 Å². The predicted octanol–water partition coefficient (Wildman–Crippen LogP) is 10.3. The number of rotatable bonds is 9. The molecule has 0 nitrogen and oxygen atoms in total. The number of hydrogen-bond donors (Lipinski definition) is 0. The Labute approximate surface area is 299 Å². The summed E-state index contributed by atoms with van der Waals surface area (Å²) in [6, 6.07) is 68.7. The standard InChI is InChI=1S/C48H40P2/c1-3-35-25-29-43-37(33-35)27-31-45(49(39-17-9-5-10-18-39)40-19-11-6-12-20-40)47(43)48-44-30-26-36(4-2)34-38(44)28-32-46(48)50(41-21-13-7-14-22-41)42-23-15-8-16-24-42/h5-34H,3-4H2,1-2H3. The molecule has 0 atom stereocenters. The van der Waals surface area contributed by atoms with Crippen LogP contribution < -0.4 is 31.8 Å². The van der Waals surface area contributed by atoms with E-state index in [-0.39, 0.29) is 0 Å². The van der Waals surface area contributed by atoms with Gasteiger partial charge in [-0.1, -0.05) is 196 Å². The maximum absolute atomic E-state index is 2.46. The van der Waals surface area contributed by atoms with Crippen LogP contribution in [-0.2, 0) is 12.8 Å². The maximum Gasteiger partial charge on any atom is -0.000883 e. The fourth-order valence-electron chi connectivity index (χ4n) is 7.24. The van der Waals surface area contributed by atoms with Gasteiger partial charge in [-0.3, -0.25) is 0 Å². The van der Waals surface area contributed by atoms with Gasteiger partial charge in [0.25, 0.3) is 0 Å². The van der Waals surface area contributed by atoms with E-state index in [2.05, 4.69) is 196 Å². The Hall–Kier alpha value is -4.86. The van der Waals surface area contributed by atoms with Crippen molar-refractivity contribution in [2.45, 2.75) is 26.7 Å². The highest BCUT2D eigenvalue weighted by molar-refractivity contribution is 7.80. The molecule has 0 bridgehead atoms. The highest BCUT2D eigenvalue weighted by Gasteiger charge is 2.28. The van der Waals surface area contributed by atoms with Crippen LogP contribution in [0.25, 0.3) is 32.7 Å². The predicted molar refractivity (Wildman–Crippen MR) is 223 cm³/mol. The van der Waals surface area contributed by atoms with Gasteiger partial charge >= 0.3 is 0 Å². The van der Waals surface area contributed by atoms with Gasteiger partial charge < -0.3 is 0 Å². The smallest absolute Gasteiger partial charge is 0.000883 e. The first kappa shape index (κ1) is 32.4. The first-order valence-electron chi connectivity index (χ1n) is 17.7. The highest BCUT2D eigenvalue weighted by atomic mass is 31.1. The molecule has 0 amide bonds. The number of fused-ring (bicyclic) bond motifs is 2. The third-order valence-electron chi connectivity index (χ3n) is 9.73. The van der Waals surface area contributed by atoms with E-state index < -0.39 is 15.8 Å². The van der Waals surface area contributed by atoms with Crippen molar-refractivity contribution in [2.75, 3.05) is 0 Å². The van der Waals surface area contributed by atoms with Crippen LogP contribution in [0.1, 0.15) is 25.0 Å². The van der Waals surface area contributed by atoms with Gasteiger partial charge in [-0.25, -0.2) is 0 Å². The van der Waals surface area contributed by atoms with Gasteiger partial charge in [0.05, 0.1) is 0 Å². The van der Waals surface area contributed by atoms with Crippen molar-refractivity contribution in [3.05, 3.63) is 193 Å². The van der Waals surface area contributed by atoms with Gasteiger partial charge in [0.1, 0.15) is 0 Å². The fourth-order valence-corrected chi connectivity index (χ4v) is 12.2. The lowest BCUT2D eigenvalue weighted by Crippen LogP contribution is -2.26. The molecule has 0 aromatic heterocycles. The SMILES string of the molecule is CCc1ccc2c(-c3c(P(c4ccccc4)c4ccccc4)ccc4cc(CC)ccc34)c(P(c3ccccc3)c3ccccc3)ccc2c1. The summed E-state index contributed by atoms with van der Waals surface area (Å²) in [5.74, 6) is 0. The minimum atomic E-state index is -0.873. The largest absolute Gasteiger partial charge is 0.0622 e. The van der Waals surface area contributed by atoms with E-state index in [1.165, 1.54) is 75.6 Å². The van der Waals surface area contributed by atoms with Gasteiger partial charge in [-0.2, -0.15) is 0 Å². The van der Waals surface area contributed by atoms with E-state index in [4.69, 9.17) is 0 Å². The van der Waals surface area contributed by atoms with Crippen molar-refractivity contribution < 1.29 is 0 Å². The Morgan fingerprint density at radius 3 is 0.960 bits per heavy atom. The van der Waals surface area contributed by atoms with Gasteiger partial charge in [-0.15, -0.1) is 0 Å². The van der Waals surface area contributed by atoms with Crippen LogP contribution in [-0.4, -0.2) is 0 Å². The fraction of sp³-hybridized carbons (Fsp3) is 0.0833. The summed E-state index contributed by atoms with van der Waals surface area (Å²) in [7, 11) is -1.75. The number of aryl methyl sites for hydroxylation is 2. The molecule has 0 radical (unpaired) electrons. The number of hydrogen-bond acceptors (Lipinski definition) is 0. The van der Waals surface area contributed by atoms with Crippen LogP contribution in [0.4, 0.5) is 0 Å². The third-order valence-corrected chi connectivity index (χ3v) is 14.7. The Bertz CT molecular complexity index is 2130. The van der Waals surface area contributed by atoms with Crippen LogP contribution in [0, 0.1) is 0 Å². The second-order valence-electron chi connectivity index (χ2n) is 12.8. The van der Waals surface area contributed by atoms with Crippen molar-refractivity contribution in [1.29, 1.82) is 0 Å². The lowest BCUT2D eigenvalue weighted by molar-refractivity contribution is 1.15. The molecular weight excluding hydrogens is 638 g/mol. The first-order valence-corrected chi connectivity index (χ1v) is 20.3. The molecule has 8 aromatic rings. The van der Waals surface area contributed by atoms with E-state index in [0.29, 0.717) is 0 Å². The second kappa shape index (κ2) is 14.5. The lowest BCUT2D eigenvalue weighted by atomic mass is 9.92. The zero-order valence-corrected chi connectivity index (χ0v) is 30.4. The molecule has 0 aliphatic carbocycles. The van der Waals surface area contributed by atoms with E-state index in [1.807, 2.05) is 0 Å². The van der Waals surface area contributed by atoms with Gasteiger partial charge in [-0.05, 0) is 104 Å². The molecule has 8 aromatic carbocycles. The summed E-state index contributed by atoms with van der Waals surface area (Å²) in [4.78, 5) is 0. The quantitative estimate of drug-likeness (QED) is 0.133. The van der Waals surface area contributed by atoms with E-state index in [1.54, 1.807) is 0 Å². The molecular formula is C48H40P2. The van der Waals surface area contributed by atoms with Crippen molar-refractivity contribution in [1.82, 2.24) is 0 Å². The molecule has 0 fully saturated rings. The van der Waals surface area contributed by atoms with Gasteiger partial charge in [0.2, 0.25) is 0 Å². The molecule has 0 spiro atoms. The van der Waals surface area contributed by atoms with Crippen LogP contribution >= 0.6 is 15.8 Å². The molecule has 2 heteroatoms. The molecule has 0 aliphatic heterocycles. The third kappa shape index (κ3) is 6.20. The Morgan fingerprint density at radius 1 is 0.340 bits per heavy atom. The van der Waals surface area contributed by atoms with Crippen LogP contribution in [0.15, 0.2) is 182 Å². The molecule has 50 heavy (non-hydrogen) atoms. The Kier molecular flexibility index (Phi) is 9.41.